The maximum Gasteiger partial charge on any atom is 0.407 e. The number of alkyl carbamates (subject to hydrolysis) is 1. The van der Waals surface area contributed by atoms with E-state index in [1.807, 2.05) is 30.3 Å². The first-order valence-electron chi connectivity index (χ1n) is 16.1. The molecule has 6 rings (SSSR count). The van der Waals surface area contributed by atoms with Crippen LogP contribution in [0.5, 0.6) is 0 Å². The van der Waals surface area contributed by atoms with Crippen LogP contribution in [0.15, 0.2) is 54.9 Å². The number of nitrogens with zero attached hydrogens (tertiary/aromatic N) is 5. The lowest BCUT2D eigenvalue weighted by molar-refractivity contribution is 0.00167. The molecule has 2 aromatic carbocycles. The second-order valence-corrected chi connectivity index (χ2v) is 13.0. The quantitative estimate of drug-likeness (QED) is 0.334. The smallest absolute Gasteiger partial charge is 0.407 e. The minimum absolute atomic E-state index is 0.0254. The van der Waals surface area contributed by atoms with Crippen LogP contribution in [0.2, 0.25) is 0 Å². The highest BCUT2D eigenvalue weighted by Crippen LogP contribution is 2.52. The predicted octanol–water partition coefficient (Wildman–Crippen LogP) is 5.65. The van der Waals surface area contributed by atoms with Gasteiger partial charge in [-0.05, 0) is 93.9 Å². The number of piperidine rings is 1. The van der Waals surface area contributed by atoms with E-state index in [4.69, 9.17) is 10.00 Å². The largest absolute Gasteiger partial charge is 0.446 e. The Balaban J connectivity index is 1.22. The Morgan fingerprint density at radius 1 is 1.13 bits per heavy atom. The highest BCUT2D eigenvalue weighted by atomic mass is 19.1. The third-order valence-corrected chi connectivity index (χ3v) is 10.5. The van der Waals surface area contributed by atoms with Crippen LogP contribution in [-0.2, 0) is 16.7 Å². The third kappa shape index (κ3) is 6.28. The number of nitrogens with one attached hydrogen (secondary N) is 1. The number of halogens is 2. The average Bonchev–Trinajstić information content (AvgIpc) is 3.66. The van der Waals surface area contributed by atoms with Gasteiger partial charge in [0.1, 0.15) is 23.6 Å². The van der Waals surface area contributed by atoms with Gasteiger partial charge >= 0.3 is 6.09 Å². The van der Waals surface area contributed by atoms with E-state index in [1.54, 1.807) is 31.3 Å². The number of carbonyl (C=O) groups excluding carboxylic acids is 1. The lowest BCUT2D eigenvalue weighted by Gasteiger charge is -2.51. The molecule has 1 N–H and O–H groups in total. The van der Waals surface area contributed by atoms with Crippen molar-refractivity contribution in [3.8, 4) is 6.07 Å². The van der Waals surface area contributed by atoms with Gasteiger partial charge in [-0.15, -0.1) is 0 Å². The summed E-state index contributed by atoms with van der Waals surface area (Å²) in [5.74, 6) is 1.01. The van der Waals surface area contributed by atoms with Crippen molar-refractivity contribution in [1.29, 1.82) is 5.26 Å². The van der Waals surface area contributed by atoms with Crippen LogP contribution < -0.4 is 10.2 Å². The number of aromatic nitrogens is 2. The fourth-order valence-electron chi connectivity index (χ4n) is 8.28. The van der Waals surface area contributed by atoms with Crippen molar-refractivity contribution < 1.29 is 18.3 Å². The molecule has 0 unspecified atom stereocenters. The molecule has 3 atom stereocenters. The minimum atomic E-state index is -0.463. The highest BCUT2D eigenvalue weighted by molar-refractivity contribution is 5.67. The molecule has 0 bridgehead atoms. The molecule has 238 valence electrons. The maximum absolute atomic E-state index is 15.0. The number of imidazole rings is 1. The van der Waals surface area contributed by atoms with Gasteiger partial charge in [-0.2, -0.15) is 5.26 Å². The van der Waals surface area contributed by atoms with Crippen LogP contribution in [0.3, 0.4) is 0 Å². The number of amides is 1. The van der Waals surface area contributed by atoms with Gasteiger partial charge in [-0.3, -0.25) is 0 Å². The predicted molar refractivity (Wildman–Crippen MR) is 168 cm³/mol. The van der Waals surface area contributed by atoms with E-state index in [0.29, 0.717) is 23.7 Å². The van der Waals surface area contributed by atoms with Gasteiger partial charge in [0.2, 0.25) is 0 Å². The Bertz CT molecular complexity index is 1540. The number of anilines is 1. The molecule has 3 heterocycles. The number of likely N-dealkylation sites (tertiary alicyclic amines) is 1. The molecule has 8 nitrogen and oxygen atoms in total. The van der Waals surface area contributed by atoms with Gasteiger partial charge in [0, 0.05) is 62.9 Å². The van der Waals surface area contributed by atoms with Gasteiger partial charge in [-0.1, -0.05) is 12.1 Å². The van der Waals surface area contributed by atoms with Gasteiger partial charge in [-0.25, -0.2) is 18.6 Å². The maximum atomic E-state index is 15.0. The second-order valence-electron chi connectivity index (χ2n) is 13.0. The normalized spacial score (nSPS) is 22.4. The summed E-state index contributed by atoms with van der Waals surface area (Å²) in [4.78, 5) is 21.5. The molecular weight excluding hydrogens is 574 g/mol. The average molecular weight is 617 g/mol. The Kier molecular flexibility index (Phi) is 9.09. The van der Waals surface area contributed by atoms with Crippen molar-refractivity contribution >= 4 is 11.8 Å². The summed E-state index contributed by atoms with van der Waals surface area (Å²) in [5, 5.41) is 11.7. The van der Waals surface area contributed by atoms with Crippen molar-refractivity contribution in [2.45, 2.75) is 57.1 Å². The third-order valence-electron chi connectivity index (χ3n) is 10.5. The summed E-state index contributed by atoms with van der Waals surface area (Å²) >= 11 is 0. The molecule has 3 fully saturated rings. The van der Waals surface area contributed by atoms with E-state index in [-0.39, 0.29) is 29.6 Å². The zero-order chi connectivity index (χ0) is 31.6. The highest BCUT2D eigenvalue weighted by Gasteiger charge is 2.53. The number of carbonyl (C=O) groups is 1. The molecule has 10 heteroatoms. The van der Waals surface area contributed by atoms with Crippen molar-refractivity contribution in [3.05, 3.63) is 83.4 Å². The Labute approximate surface area is 264 Å². The van der Waals surface area contributed by atoms with Gasteiger partial charge in [0.15, 0.2) is 0 Å². The van der Waals surface area contributed by atoms with E-state index in [9.17, 15) is 13.6 Å². The molecule has 1 aliphatic carbocycles. The van der Waals surface area contributed by atoms with Crippen LogP contribution in [0, 0.1) is 47.6 Å². The number of aryl methyl sites for hydroxylation is 1. The number of nitriles is 1. The zero-order valence-electron chi connectivity index (χ0n) is 26.1. The number of rotatable bonds is 9. The Morgan fingerprint density at radius 2 is 1.93 bits per heavy atom. The van der Waals surface area contributed by atoms with Crippen molar-refractivity contribution in [2.24, 2.45) is 17.8 Å². The molecular formula is C35H42F2N6O2. The molecule has 45 heavy (non-hydrogen) atoms. The van der Waals surface area contributed by atoms with E-state index in [0.717, 1.165) is 76.2 Å². The SMILES string of the molecule is CNC(=O)O[C@H]1CCC[C@@H]1[C@](Cn1ccnc1C)(c1cccc(F)c1)C1CCN(CC2CN(c3ccc(C#N)cc3F)C2)CC1. The van der Waals surface area contributed by atoms with Gasteiger partial charge in [0.25, 0.3) is 0 Å². The summed E-state index contributed by atoms with van der Waals surface area (Å²) in [6, 6.07) is 13.7. The van der Waals surface area contributed by atoms with E-state index < -0.39 is 11.5 Å². The molecule has 0 radical (unpaired) electrons. The van der Waals surface area contributed by atoms with Crippen LogP contribution in [0.25, 0.3) is 0 Å². The molecule has 3 aromatic rings. The Morgan fingerprint density at radius 3 is 2.60 bits per heavy atom. The zero-order valence-corrected chi connectivity index (χ0v) is 26.1. The summed E-state index contributed by atoms with van der Waals surface area (Å²) in [7, 11) is 1.58. The van der Waals surface area contributed by atoms with Crippen LogP contribution in [-0.4, -0.2) is 66.4 Å². The lowest BCUT2D eigenvalue weighted by atomic mass is 9.58. The van der Waals surface area contributed by atoms with E-state index >= 15 is 0 Å². The minimum Gasteiger partial charge on any atom is -0.446 e. The monoisotopic (exact) mass is 616 g/mol. The number of hydrogen-bond acceptors (Lipinski definition) is 6. The van der Waals surface area contributed by atoms with Crippen molar-refractivity contribution in [1.82, 2.24) is 19.8 Å². The summed E-state index contributed by atoms with van der Waals surface area (Å²) in [5.41, 5.74) is 1.39. The summed E-state index contributed by atoms with van der Waals surface area (Å²) in [6.07, 6.45) is 7.63. The molecule has 1 aromatic heterocycles. The van der Waals surface area contributed by atoms with Crippen molar-refractivity contribution in [3.63, 3.8) is 0 Å². The fourth-order valence-corrected chi connectivity index (χ4v) is 8.28. The standard InChI is InChI=1S/C35H42F2N6O2/c1-24-40-13-16-42(24)23-35(28-5-3-6-29(36)18-28,30-7-4-8-33(30)45-34(44)39-2)27-11-14-41(15-12-27)20-26-21-43(22-26)32-10-9-25(19-38)17-31(32)37/h3,5-6,9-10,13,16-18,26-27,30,33H,4,7-8,11-12,14-15,20-23H2,1-2H3,(H,39,44)/t30-,33-,35-/m0/s1. The first-order chi connectivity index (χ1) is 21.8. The van der Waals surface area contributed by atoms with Gasteiger partial charge in [0.05, 0.1) is 17.3 Å². The lowest BCUT2D eigenvalue weighted by Crippen LogP contribution is -2.55. The Hall–Kier alpha value is -3.97. The van der Waals surface area contributed by atoms with Crippen LogP contribution >= 0.6 is 0 Å². The second kappa shape index (κ2) is 13.2. The van der Waals surface area contributed by atoms with Crippen molar-refractivity contribution in [2.75, 3.05) is 44.7 Å². The molecule has 3 aliphatic rings. The number of benzene rings is 2. The first kappa shape index (κ1) is 31.0. The molecule has 1 saturated carbocycles. The molecule has 2 aliphatic heterocycles. The topological polar surface area (TPSA) is 86.4 Å². The van der Waals surface area contributed by atoms with E-state index in [2.05, 4.69) is 25.8 Å². The van der Waals surface area contributed by atoms with Crippen LogP contribution in [0.1, 0.15) is 49.1 Å². The summed E-state index contributed by atoms with van der Waals surface area (Å²) in [6.45, 7) is 6.99. The molecule has 0 spiro atoms. The molecule has 2 saturated heterocycles. The van der Waals surface area contributed by atoms with Gasteiger partial charge < -0.3 is 24.4 Å². The molecule has 1 amide bonds. The first-order valence-corrected chi connectivity index (χ1v) is 16.1. The summed E-state index contributed by atoms with van der Waals surface area (Å²) < 4.78 is 37.7. The number of ether oxygens (including phenoxy) is 1. The fraction of sp³-hybridized carbons (Fsp3) is 0.514. The van der Waals surface area contributed by atoms with Crippen LogP contribution in [0.4, 0.5) is 19.3 Å². The van der Waals surface area contributed by atoms with E-state index in [1.165, 1.54) is 12.1 Å². The number of hydrogen-bond donors (Lipinski definition) is 1.